The zero-order chi connectivity index (χ0) is 20.4. The number of hydrogen-bond acceptors (Lipinski definition) is 3. The summed E-state index contributed by atoms with van der Waals surface area (Å²) >= 11 is 3.38. The Labute approximate surface area is 176 Å². The molecule has 4 rings (SSSR count). The maximum Gasteiger partial charge on any atom is 0.261 e. The van der Waals surface area contributed by atoms with Crippen LogP contribution in [0.15, 0.2) is 76.3 Å². The first kappa shape index (κ1) is 19.3. The molecule has 29 heavy (non-hydrogen) atoms. The van der Waals surface area contributed by atoms with Gasteiger partial charge in [-0.15, -0.1) is 0 Å². The van der Waals surface area contributed by atoms with Crippen LogP contribution in [0, 0.1) is 0 Å². The number of nitrogens with one attached hydrogen (secondary N) is 1. The minimum absolute atomic E-state index is 0.105. The molecule has 0 aliphatic rings. The maximum atomic E-state index is 12.7. The number of carbonyl (C=O) groups excluding carboxylic acids is 1. The molecule has 1 heterocycles. The molecule has 1 unspecified atom stereocenters. The van der Waals surface area contributed by atoms with Gasteiger partial charge in [-0.1, -0.05) is 58.4 Å². The number of amides is 1. The Kier molecular flexibility index (Phi) is 5.45. The Bertz CT molecular complexity index is 1260. The first-order valence-corrected chi connectivity index (χ1v) is 10.2. The van der Waals surface area contributed by atoms with Crippen LogP contribution in [0.5, 0.6) is 0 Å². The van der Waals surface area contributed by atoms with Crippen LogP contribution >= 0.6 is 15.9 Å². The molecule has 5 nitrogen and oxygen atoms in total. The number of nitrogens with zero attached hydrogens (tertiary/aromatic N) is 2. The van der Waals surface area contributed by atoms with Crippen molar-refractivity contribution in [2.45, 2.75) is 25.9 Å². The summed E-state index contributed by atoms with van der Waals surface area (Å²) in [7, 11) is 0. The highest BCUT2D eigenvalue weighted by molar-refractivity contribution is 9.10. The van der Waals surface area contributed by atoms with Crippen molar-refractivity contribution in [1.82, 2.24) is 14.9 Å². The monoisotopic (exact) mass is 449 g/mol. The molecule has 1 amide bonds. The smallest absolute Gasteiger partial charge is 0.261 e. The topological polar surface area (TPSA) is 64.0 Å². The van der Waals surface area contributed by atoms with E-state index in [4.69, 9.17) is 0 Å². The van der Waals surface area contributed by atoms with Crippen LogP contribution in [-0.4, -0.2) is 15.5 Å². The summed E-state index contributed by atoms with van der Waals surface area (Å²) in [6.45, 7) is 2.25. The SMILES string of the molecule is CC(NC(=O)CCn1cnc2ccc(Br)cc2c1=O)c1cccc2ccccc12. The van der Waals surface area contributed by atoms with Gasteiger partial charge in [-0.3, -0.25) is 14.2 Å². The first-order chi connectivity index (χ1) is 14.0. The zero-order valence-corrected chi connectivity index (χ0v) is 17.5. The third-order valence-corrected chi connectivity index (χ3v) is 5.53. The molecule has 0 radical (unpaired) electrons. The van der Waals surface area contributed by atoms with Gasteiger partial charge in [0.25, 0.3) is 5.56 Å². The average molecular weight is 450 g/mol. The largest absolute Gasteiger partial charge is 0.350 e. The molecule has 0 bridgehead atoms. The highest BCUT2D eigenvalue weighted by atomic mass is 79.9. The van der Waals surface area contributed by atoms with E-state index in [1.807, 2.05) is 37.3 Å². The molecule has 0 fully saturated rings. The van der Waals surface area contributed by atoms with E-state index >= 15 is 0 Å². The predicted molar refractivity (Wildman–Crippen MR) is 119 cm³/mol. The normalized spacial score (nSPS) is 12.2. The summed E-state index contributed by atoms with van der Waals surface area (Å²) in [6.07, 6.45) is 1.70. The lowest BCUT2D eigenvalue weighted by molar-refractivity contribution is -0.121. The fourth-order valence-corrected chi connectivity index (χ4v) is 3.89. The summed E-state index contributed by atoms with van der Waals surface area (Å²) < 4.78 is 2.31. The van der Waals surface area contributed by atoms with Gasteiger partial charge in [0, 0.05) is 17.4 Å². The van der Waals surface area contributed by atoms with Crippen LogP contribution in [-0.2, 0) is 11.3 Å². The Morgan fingerprint density at radius 1 is 1.10 bits per heavy atom. The van der Waals surface area contributed by atoms with Gasteiger partial charge < -0.3 is 5.32 Å². The third kappa shape index (κ3) is 4.07. The summed E-state index contributed by atoms with van der Waals surface area (Å²) in [4.78, 5) is 29.5. The van der Waals surface area contributed by atoms with E-state index in [1.54, 1.807) is 12.1 Å². The van der Waals surface area contributed by atoms with Crippen molar-refractivity contribution >= 4 is 43.5 Å². The first-order valence-electron chi connectivity index (χ1n) is 9.44. The van der Waals surface area contributed by atoms with E-state index in [1.165, 1.54) is 10.9 Å². The summed E-state index contributed by atoms with van der Waals surface area (Å²) in [6, 6.07) is 19.5. The molecular weight excluding hydrogens is 430 g/mol. The van der Waals surface area contributed by atoms with E-state index in [9.17, 15) is 9.59 Å². The second kappa shape index (κ2) is 8.17. The van der Waals surface area contributed by atoms with Gasteiger partial charge >= 0.3 is 0 Å². The van der Waals surface area contributed by atoms with Gasteiger partial charge in [0.15, 0.2) is 0 Å². The van der Waals surface area contributed by atoms with Crippen LogP contribution in [0.4, 0.5) is 0 Å². The third-order valence-electron chi connectivity index (χ3n) is 5.03. The Hall–Kier alpha value is -2.99. The van der Waals surface area contributed by atoms with Crippen molar-refractivity contribution in [3.8, 4) is 0 Å². The summed E-state index contributed by atoms with van der Waals surface area (Å²) in [5.41, 5.74) is 1.57. The van der Waals surface area contributed by atoms with E-state index in [2.05, 4.69) is 44.4 Å². The van der Waals surface area contributed by atoms with Crippen molar-refractivity contribution in [2.24, 2.45) is 0 Å². The van der Waals surface area contributed by atoms with Gasteiger partial charge in [0.1, 0.15) is 0 Å². The minimum Gasteiger partial charge on any atom is -0.350 e. The van der Waals surface area contributed by atoms with Crippen molar-refractivity contribution in [1.29, 1.82) is 0 Å². The van der Waals surface area contributed by atoms with Gasteiger partial charge in [-0.05, 0) is 41.5 Å². The van der Waals surface area contributed by atoms with Crippen LogP contribution in [0.1, 0.15) is 24.9 Å². The van der Waals surface area contributed by atoms with Crippen molar-refractivity contribution in [2.75, 3.05) is 0 Å². The number of carbonyl (C=O) groups is 1. The number of aryl methyl sites for hydroxylation is 1. The van der Waals surface area contributed by atoms with Crippen molar-refractivity contribution in [3.05, 3.63) is 87.4 Å². The molecule has 1 aromatic heterocycles. The molecule has 0 spiro atoms. The number of halogens is 1. The van der Waals surface area contributed by atoms with Crippen LogP contribution < -0.4 is 10.9 Å². The molecule has 3 aromatic carbocycles. The molecule has 0 saturated carbocycles. The average Bonchev–Trinajstić information content (AvgIpc) is 2.73. The standard InChI is InChI=1S/C23H20BrN3O2/c1-15(18-8-4-6-16-5-2-3-7-19(16)18)26-22(28)11-12-27-14-25-21-10-9-17(24)13-20(21)23(27)29/h2-10,13-15H,11-12H2,1H3,(H,26,28). The number of aromatic nitrogens is 2. The van der Waals surface area contributed by atoms with E-state index < -0.39 is 0 Å². The van der Waals surface area contributed by atoms with Gasteiger partial charge in [0.2, 0.25) is 5.91 Å². The lowest BCUT2D eigenvalue weighted by Gasteiger charge is -2.17. The van der Waals surface area contributed by atoms with Gasteiger partial charge in [-0.25, -0.2) is 4.98 Å². The van der Waals surface area contributed by atoms with Crippen molar-refractivity contribution < 1.29 is 4.79 Å². The molecular formula is C23H20BrN3O2. The van der Waals surface area contributed by atoms with Gasteiger partial charge in [0.05, 0.1) is 23.3 Å². The second-order valence-electron chi connectivity index (χ2n) is 7.01. The zero-order valence-electron chi connectivity index (χ0n) is 15.9. The lowest BCUT2D eigenvalue weighted by Crippen LogP contribution is -2.29. The molecule has 1 N–H and O–H groups in total. The molecule has 6 heteroatoms. The fourth-order valence-electron chi connectivity index (χ4n) is 3.53. The van der Waals surface area contributed by atoms with Gasteiger partial charge in [-0.2, -0.15) is 0 Å². The molecule has 0 aliphatic carbocycles. The molecule has 4 aromatic rings. The molecule has 1 atom stereocenters. The number of benzene rings is 3. The van der Waals surface area contributed by atoms with E-state index in [-0.39, 0.29) is 30.5 Å². The van der Waals surface area contributed by atoms with Crippen molar-refractivity contribution in [3.63, 3.8) is 0 Å². The Balaban J connectivity index is 1.47. The lowest BCUT2D eigenvalue weighted by atomic mass is 9.99. The highest BCUT2D eigenvalue weighted by Crippen LogP contribution is 2.24. The Morgan fingerprint density at radius 2 is 1.90 bits per heavy atom. The molecule has 0 aliphatic heterocycles. The summed E-state index contributed by atoms with van der Waals surface area (Å²) in [5.74, 6) is -0.105. The van der Waals surface area contributed by atoms with Crippen LogP contribution in [0.2, 0.25) is 0 Å². The number of fused-ring (bicyclic) bond motifs is 2. The Morgan fingerprint density at radius 3 is 2.76 bits per heavy atom. The van der Waals surface area contributed by atoms with E-state index in [0.717, 1.165) is 20.8 Å². The fraction of sp³-hybridized carbons (Fsp3) is 0.174. The predicted octanol–water partition coefficient (Wildman–Crippen LogP) is 4.58. The van der Waals surface area contributed by atoms with Crippen LogP contribution in [0.3, 0.4) is 0 Å². The molecule has 146 valence electrons. The second-order valence-corrected chi connectivity index (χ2v) is 7.93. The van der Waals surface area contributed by atoms with Crippen LogP contribution in [0.25, 0.3) is 21.7 Å². The highest BCUT2D eigenvalue weighted by Gasteiger charge is 2.13. The minimum atomic E-state index is -0.147. The summed E-state index contributed by atoms with van der Waals surface area (Å²) in [5, 5.41) is 5.85. The number of rotatable bonds is 5. The van der Waals surface area contributed by atoms with E-state index in [0.29, 0.717) is 10.9 Å². The quantitative estimate of drug-likeness (QED) is 0.484. The number of hydrogen-bond donors (Lipinski definition) is 1. The molecule has 0 saturated heterocycles. The maximum absolute atomic E-state index is 12.7.